The molecule has 1 saturated carbocycles. The molecule has 3 N–H and O–H groups in total. The molecule has 2 amide bonds. The standard InChI is InChI=1S/C31H44N4O3/c1-34(2)27-15-9-14-25(16-27)19-32-20-29(36)28(17-23-10-5-3-6-11-23)33-31(38)26-18-30(37)35(22-26)21-24-12-7-4-8-13-24/h3,5-6,9-11,14-16,24,26,28-29,32,36H,4,7-8,12-13,17-22H2,1-2H3,(H,33,38)/t26-,28-,29+/m0/s1. The minimum atomic E-state index is -0.772. The first kappa shape index (κ1) is 28.1. The Balaban J connectivity index is 1.34. The molecule has 1 aliphatic heterocycles. The minimum absolute atomic E-state index is 0.0810. The number of carbonyl (C=O) groups is 2. The van der Waals surface area contributed by atoms with E-state index in [0.29, 0.717) is 32.0 Å². The van der Waals surface area contributed by atoms with E-state index in [0.717, 1.165) is 23.4 Å². The molecule has 2 aromatic carbocycles. The number of anilines is 1. The molecule has 2 fully saturated rings. The SMILES string of the molecule is CN(C)c1cccc(CNC[C@@H](O)[C@H](Cc2ccccc2)NC(=O)[C@H]2CC(=O)N(CC3CCCCC3)C2)c1. The van der Waals surface area contributed by atoms with Crippen LogP contribution in [0.15, 0.2) is 54.6 Å². The Hall–Kier alpha value is -2.90. The molecule has 1 aliphatic carbocycles. The third-order valence-electron chi connectivity index (χ3n) is 7.99. The molecule has 0 spiro atoms. The summed E-state index contributed by atoms with van der Waals surface area (Å²) in [5, 5.41) is 17.6. The molecular formula is C31H44N4O3. The smallest absolute Gasteiger partial charge is 0.225 e. The van der Waals surface area contributed by atoms with Gasteiger partial charge in [-0.1, -0.05) is 61.7 Å². The molecule has 2 aliphatic rings. The average molecular weight is 521 g/mol. The van der Waals surface area contributed by atoms with Gasteiger partial charge in [0.05, 0.1) is 18.1 Å². The largest absolute Gasteiger partial charge is 0.390 e. The van der Waals surface area contributed by atoms with E-state index in [1.165, 1.54) is 32.1 Å². The van der Waals surface area contributed by atoms with E-state index < -0.39 is 12.1 Å². The third kappa shape index (κ3) is 8.05. The molecule has 7 heteroatoms. The van der Waals surface area contributed by atoms with Gasteiger partial charge in [0.2, 0.25) is 11.8 Å². The summed E-state index contributed by atoms with van der Waals surface area (Å²) in [6, 6.07) is 17.7. The molecule has 1 saturated heterocycles. The molecule has 206 valence electrons. The highest BCUT2D eigenvalue weighted by Crippen LogP contribution is 2.27. The molecule has 4 rings (SSSR count). The highest BCUT2D eigenvalue weighted by molar-refractivity contribution is 5.89. The molecule has 0 bridgehead atoms. The van der Waals surface area contributed by atoms with E-state index in [9.17, 15) is 14.7 Å². The average Bonchev–Trinajstić information content (AvgIpc) is 3.29. The van der Waals surface area contributed by atoms with E-state index in [1.54, 1.807) is 0 Å². The van der Waals surface area contributed by atoms with Crippen molar-refractivity contribution >= 4 is 17.5 Å². The number of carbonyl (C=O) groups excluding carboxylic acids is 2. The fourth-order valence-electron chi connectivity index (χ4n) is 5.71. The zero-order valence-corrected chi connectivity index (χ0v) is 22.9. The lowest BCUT2D eigenvalue weighted by Gasteiger charge is -2.28. The van der Waals surface area contributed by atoms with E-state index in [4.69, 9.17) is 0 Å². The molecule has 2 aromatic rings. The van der Waals surface area contributed by atoms with Crippen molar-refractivity contribution in [2.75, 3.05) is 38.6 Å². The topological polar surface area (TPSA) is 84.9 Å². The number of nitrogens with zero attached hydrogens (tertiary/aromatic N) is 2. The predicted molar refractivity (Wildman–Crippen MR) is 152 cm³/mol. The monoisotopic (exact) mass is 520 g/mol. The Morgan fingerprint density at radius 1 is 1.05 bits per heavy atom. The summed E-state index contributed by atoms with van der Waals surface area (Å²) in [6.07, 6.45) is 6.14. The number of benzene rings is 2. The molecule has 0 unspecified atom stereocenters. The molecule has 0 aromatic heterocycles. The van der Waals surface area contributed by atoms with Crippen molar-refractivity contribution in [2.24, 2.45) is 11.8 Å². The van der Waals surface area contributed by atoms with E-state index in [1.807, 2.05) is 55.4 Å². The van der Waals surface area contributed by atoms with Crippen LogP contribution < -0.4 is 15.5 Å². The lowest BCUT2D eigenvalue weighted by molar-refractivity contribution is -0.129. The number of likely N-dealkylation sites (tertiary alicyclic amines) is 1. The van der Waals surface area contributed by atoms with E-state index in [-0.39, 0.29) is 24.2 Å². The van der Waals surface area contributed by atoms with Crippen molar-refractivity contribution in [3.8, 4) is 0 Å². The van der Waals surface area contributed by atoms with Gasteiger partial charge in [0.1, 0.15) is 0 Å². The van der Waals surface area contributed by atoms with Crippen LogP contribution in [0.1, 0.15) is 49.7 Å². The third-order valence-corrected chi connectivity index (χ3v) is 7.99. The predicted octanol–water partition coefficient (Wildman–Crippen LogP) is 3.36. The van der Waals surface area contributed by atoms with Crippen molar-refractivity contribution in [1.82, 2.24) is 15.5 Å². The Bertz CT molecular complexity index is 1040. The second kappa shape index (κ2) is 13.8. The van der Waals surface area contributed by atoms with Crippen molar-refractivity contribution in [1.29, 1.82) is 0 Å². The highest BCUT2D eigenvalue weighted by Gasteiger charge is 2.36. The normalized spacial score (nSPS) is 19.8. The van der Waals surface area contributed by atoms with Crippen molar-refractivity contribution in [3.05, 3.63) is 65.7 Å². The molecule has 7 nitrogen and oxygen atoms in total. The summed E-state index contributed by atoms with van der Waals surface area (Å²) in [4.78, 5) is 30.0. The lowest BCUT2D eigenvalue weighted by atomic mass is 9.89. The summed E-state index contributed by atoms with van der Waals surface area (Å²) in [5.41, 5.74) is 3.31. The second-order valence-electron chi connectivity index (χ2n) is 11.3. The van der Waals surface area contributed by atoms with Crippen molar-refractivity contribution in [2.45, 2.75) is 63.6 Å². The lowest BCUT2D eigenvalue weighted by Crippen LogP contribution is -2.50. The van der Waals surface area contributed by atoms with Gasteiger partial charge < -0.3 is 25.5 Å². The Morgan fingerprint density at radius 3 is 2.53 bits per heavy atom. The number of nitrogens with one attached hydrogen (secondary N) is 2. The number of aliphatic hydroxyl groups is 1. The van der Waals surface area contributed by atoms with Crippen LogP contribution in [0.4, 0.5) is 5.69 Å². The van der Waals surface area contributed by atoms with Crippen LogP contribution in [0.25, 0.3) is 0 Å². The Labute approximate surface area is 227 Å². The summed E-state index contributed by atoms with van der Waals surface area (Å²) in [7, 11) is 4.03. The maximum Gasteiger partial charge on any atom is 0.225 e. The van der Waals surface area contributed by atoms with Crippen LogP contribution >= 0.6 is 0 Å². The Kier molecular flexibility index (Phi) is 10.2. The zero-order chi connectivity index (χ0) is 26.9. The molecule has 3 atom stereocenters. The maximum atomic E-state index is 13.3. The van der Waals surface area contributed by atoms with Crippen LogP contribution in [-0.2, 0) is 22.6 Å². The van der Waals surface area contributed by atoms with Gasteiger partial charge in [-0.3, -0.25) is 9.59 Å². The zero-order valence-electron chi connectivity index (χ0n) is 22.9. The van der Waals surface area contributed by atoms with Crippen molar-refractivity contribution in [3.63, 3.8) is 0 Å². The van der Waals surface area contributed by atoms with Gasteiger partial charge in [-0.2, -0.15) is 0 Å². The molecule has 38 heavy (non-hydrogen) atoms. The van der Waals surface area contributed by atoms with Crippen LogP contribution in [0.3, 0.4) is 0 Å². The van der Waals surface area contributed by atoms with Gasteiger partial charge >= 0.3 is 0 Å². The highest BCUT2D eigenvalue weighted by atomic mass is 16.3. The molecule has 0 radical (unpaired) electrons. The van der Waals surface area contributed by atoms with Gasteiger partial charge in [-0.15, -0.1) is 0 Å². The van der Waals surface area contributed by atoms with Crippen LogP contribution in [0.5, 0.6) is 0 Å². The maximum absolute atomic E-state index is 13.3. The quantitative estimate of drug-likeness (QED) is 0.400. The van der Waals surface area contributed by atoms with Gasteiger partial charge in [0, 0.05) is 52.4 Å². The fraction of sp³-hybridized carbons (Fsp3) is 0.548. The number of hydrogen-bond acceptors (Lipinski definition) is 5. The molecule has 1 heterocycles. The van der Waals surface area contributed by atoms with Crippen LogP contribution in [0, 0.1) is 11.8 Å². The first-order valence-electron chi connectivity index (χ1n) is 14.2. The van der Waals surface area contributed by atoms with Crippen molar-refractivity contribution < 1.29 is 14.7 Å². The molecular weight excluding hydrogens is 476 g/mol. The first-order chi connectivity index (χ1) is 18.4. The van der Waals surface area contributed by atoms with E-state index in [2.05, 4.69) is 33.7 Å². The van der Waals surface area contributed by atoms with Crippen LogP contribution in [0.2, 0.25) is 0 Å². The summed E-state index contributed by atoms with van der Waals surface area (Å²) in [5.74, 6) is 0.144. The first-order valence-corrected chi connectivity index (χ1v) is 14.2. The summed E-state index contributed by atoms with van der Waals surface area (Å²) >= 11 is 0. The second-order valence-corrected chi connectivity index (χ2v) is 11.3. The fourth-order valence-corrected chi connectivity index (χ4v) is 5.71. The summed E-state index contributed by atoms with van der Waals surface area (Å²) in [6.45, 7) is 2.23. The van der Waals surface area contributed by atoms with Gasteiger partial charge in [0.25, 0.3) is 0 Å². The van der Waals surface area contributed by atoms with Gasteiger partial charge in [-0.05, 0) is 48.4 Å². The minimum Gasteiger partial charge on any atom is -0.390 e. The van der Waals surface area contributed by atoms with Gasteiger partial charge in [0.15, 0.2) is 0 Å². The number of hydrogen-bond donors (Lipinski definition) is 3. The van der Waals surface area contributed by atoms with E-state index >= 15 is 0 Å². The number of aliphatic hydroxyl groups excluding tert-OH is 1. The summed E-state index contributed by atoms with van der Waals surface area (Å²) < 4.78 is 0. The van der Waals surface area contributed by atoms with Gasteiger partial charge in [-0.25, -0.2) is 0 Å². The Morgan fingerprint density at radius 2 is 1.79 bits per heavy atom. The number of rotatable bonds is 12. The van der Waals surface area contributed by atoms with Crippen LogP contribution in [-0.4, -0.2) is 67.7 Å². The number of amides is 2.